The van der Waals surface area contributed by atoms with E-state index in [-0.39, 0.29) is 0 Å². The van der Waals surface area contributed by atoms with E-state index in [2.05, 4.69) is 31.2 Å². The Morgan fingerprint density at radius 1 is 1.19 bits per heavy atom. The fourth-order valence-electron chi connectivity index (χ4n) is 3.33. The number of rotatable bonds is 2. The molecular weight excluding hydrogens is 192 g/mol. The molecule has 0 heterocycles. The summed E-state index contributed by atoms with van der Waals surface area (Å²) in [6.45, 7) is 2.29. The lowest BCUT2D eigenvalue weighted by Crippen LogP contribution is -2.08. The second kappa shape index (κ2) is 4.08. The normalized spacial score (nSPS) is 21.9. The maximum Gasteiger partial charge on any atom is 0.00299 e. The molecule has 2 aliphatic rings. The van der Waals surface area contributed by atoms with E-state index in [0.717, 1.165) is 0 Å². The monoisotopic (exact) mass is 212 g/mol. The Morgan fingerprint density at radius 3 is 2.94 bits per heavy atom. The highest BCUT2D eigenvalue weighted by atomic mass is 14.3. The topological polar surface area (TPSA) is 0 Å². The largest absolute Gasteiger partial charge is 0.0764 e. The van der Waals surface area contributed by atoms with Crippen LogP contribution in [0.3, 0.4) is 0 Å². The Morgan fingerprint density at radius 2 is 2.06 bits per heavy atom. The average molecular weight is 212 g/mol. The van der Waals surface area contributed by atoms with E-state index >= 15 is 0 Å². The maximum absolute atomic E-state index is 2.42. The van der Waals surface area contributed by atoms with Crippen molar-refractivity contribution in [3.8, 4) is 0 Å². The van der Waals surface area contributed by atoms with Crippen LogP contribution in [-0.2, 0) is 12.8 Å². The summed E-state index contributed by atoms with van der Waals surface area (Å²) in [5.74, 6) is 0.716. The summed E-state index contributed by atoms with van der Waals surface area (Å²) in [6.07, 6.45) is 12.8. The molecule has 0 saturated heterocycles. The first-order valence-electron chi connectivity index (χ1n) is 6.73. The molecule has 0 heteroatoms. The van der Waals surface area contributed by atoms with Crippen molar-refractivity contribution in [3.05, 3.63) is 40.5 Å². The van der Waals surface area contributed by atoms with Crippen molar-refractivity contribution in [2.75, 3.05) is 0 Å². The number of aryl methyl sites for hydroxylation is 1. The minimum atomic E-state index is 0.716. The summed E-state index contributed by atoms with van der Waals surface area (Å²) >= 11 is 0. The summed E-state index contributed by atoms with van der Waals surface area (Å²) in [4.78, 5) is 0. The summed E-state index contributed by atoms with van der Waals surface area (Å²) < 4.78 is 0. The zero-order valence-corrected chi connectivity index (χ0v) is 10.1. The highest BCUT2D eigenvalue weighted by Gasteiger charge is 2.23. The first-order valence-corrected chi connectivity index (χ1v) is 6.73. The van der Waals surface area contributed by atoms with Crippen LogP contribution in [0.4, 0.5) is 0 Å². The van der Waals surface area contributed by atoms with Crippen LogP contribution in [0.5, 0.6) is 0 Å². The van der Waals surface area contributed by atoms with E-state index in [9.17, 15) is 0 Å². The molecule has 0 fully saturated rings. The quantitative estimate of drug-likeness (QED) is 0.678. The predicted molar refractivity (Wildman–Crippen MR) is 69.8 cm³/mol. The summed E-state index contributed by atoms with van der Waals surface area (Å²) in [5.41, 5.74) is 6.51. The van der Waals surface area contributed by atoms with Crippen molar-refractivity contribution in [1.29, 1.82) is 0 Å². The predicted octanol–water partition coefficient (Wildman–Crippen LogP) is 4.48. The van der Waals surface area contributed by atoms with Gasteiger partial charge in [0.25, 0.3) is 0 Å². The van der Waals surface area contributed by atoms with Gasteiger partial charge >= 0.3 is 0 Å². The Hall–Kier alpha value is -1.04. The molecule has 1 unspecified atom stereocenters. The summed E-state index contributed by atoms with van der Waals surface area (Å²) in [6, 6.07) is 4.71. The molecule has 0 aliphatic heterocycles. The van der Waals surface area contributed by atoms with Gasteiger partial charge in [0.15, 0.2) is 0 Å². The smallest absolute Gasteiger partial charge is 0.00299 e. The first-order chi connectivity index (χ1) is 7.90. The van der Waals surface area contributed by atoms with Crippen LogP contribution in [0.15, 0.2) is 18.2 Å². The van der Waals surface area contributed by atoms with Crippen molar-refractivity contribution >= 4 is 6.08 Å². The molecule has 0 saturated carbocycles. The average Bonchev–Trinajstić information content (AvgIpc) is 2.73. The summed E-state index contributed by atoms with van der Waals surface area (Å²) in [5, 5.41) is 0. The lowest BCUT2D eigenvalue weighted by molar-refractivity contribution is 0.659. The lowest BCUT2D eigenvalue weighted by atomic mass is 9.82. The second-order valence-electron chi connectivity index (χ2n) is 5.17. The molecule has 0 radical (unpaired) electrons. The SMILES string of the molecule is CCCC1C=Cc2ccc3c(c21)CCCC3. The molecule has 1 aromatic carbocycles. The van der Waals surface area contributed by atoms with Gasteiger partial charge in [-0.2, -0.15) is 0 Å². The van der Waals surface area contributed by atoms with Gasteiger partial charge < -0.3 is 0 Å². The highest BCUT2D eigenvalue weighted by molar-refractivity contribution is 5.66. The van der Waals surface area contributed by atoms with Crippen molar-refractivity contribution < 1.29 is 0 Å². The standard InChI is InChI=1S/C16H20/c1-2-5-13-10-11-14-9-8-12-6-3-4-7-15(12)16(13)14/h8-11,13H,2-7H2,1H3. The maximum atomic E-state index is 2.42. The third-order valence-corrected chi connectivity index (χ3v) is 4.09. The van der Waals surface area contributed by atoms with E-state index in [1.165, 1.54) is 44.1 Å². The third-order valence-electron chi connectivity index (χ3n) is 4.09. The molecular formula is C16H20. The number of benzene rings is 1. The van der Waals surface area contributed by atoms with E-state index < -0.39 is 0 Å². The Bertz CT molecular complexity index is 426. The number of fused-ring (bicyclic) bond motifs is 3. The van der Waals surface area contributed by atoms with Crippen LogP contribution in [0, 0.1) is 0 Å². The number of allylic oxidation sites excluding steroid dienone is 1. The van der Waals surface area contributed by atoms with E-state index in [0.29, 0.717) is 5.92 Å². The van der Waals surface area contributed by atoms with E-state index in [4.69, 9.17) is 0 Å². The van der Waals surface area contributed by atoms with Gasteiger partial charge in [0.1, 0.15) is 0 Å². The minimum absolute atomic E-state index is 0.716. The van der Waals surface area contributed by atoms with Crippen molar-refractivity contribution in [3.63, 3.8) is 0 Å². The zero-order valence-electron chi connectivity index (χ0n) is 10.1. The Kier molecular flexibility index (Phi) is 2.59. The molecule has 3 rings (SSSR count). The van der Waals surface area contributed by atoms with E-state index in [1.54, 1.807) is 16.7 Å². The molecule has 2 aliphatic carbocycles. The molecule has 0 aromatic heterocycles. The molecule has 0 amide bonds. The molecule has 0 N–H and O–H groups in total. The number of hydrogen-bond donors (Lipinski definition) is 0. The van der Waals surface area contributed by atoms with Crippen molar-refractivity contribution in [2.45, 2.75) is 51.4 Å². The molecule has 0 nitrogen and oxygen atoms in total. The fraction of sp³-hybridized carbons (Fsp3) is 0.500. The van der Waals surface area contributed by atoms with Crippen LogP contribution in [0.1, 0.15) is 60.8 Å². The molecule has 0 bridgehead atoms. The van der Waals surface area contributed by atoms with Crippen LogP contribution in [0.2, 0.25) is 0 Å². The minimum Gasteiger partial charge on any atom is -0.0764 e. The first kappa shape index (κ1) is 10.1. The molecule has 1 aromatic rings. The van der Waals surface area contributed by atoms with E-state index in [1.807, 2.05) is 0 Å². The Balaban J connectivity index is 2.06. The van der Waals surface area contributed by atoms with Gasteiger partial charge in [-0.05, 0) is 54.4 Å². The van der Waals surface area contributed by atoms with Gasteiger partial charge in [0, 0.05) is 5.92 Å². The van der Waals surface area contributed by atoms with Gasteiger partial charge in [-0.3, -0.25) is 0 Å². The van der Waals surface area contributed by atoms with Crippen LogP contribution in [0.25, 0.3) is 6.08 Å². The number of hydrogen-bond acceptors (Lipinski definition) is 0. The highest BCUT2D eigenvalue weighted by Crippen LogP contribution is 2.39. The molecule has 16 heavy (non-hydrogen) atoms. The van der Waals surface area contributed by atoms with Crippen LogP contribution < -0.4 is 0 Å². The van der Waals surface area contributed by atoms with Gasteiger partial charge in [0.2, 0.25) is 0 Å². The molecule has 1 atom stereocenters. The van der Waals surface area contributed by atoms with Gasteiger partial charge in [-0.25, -0.2) is 0 Å². The Labute approximate surface area is 98.4 Å². The summed E-state index contributed by atoms with van der Waals surface area (Å²) in [7, 11) is 0. The van der Waals surface area contributed by atoms with Crippen molar-refractivity contribution in [1.82, 2.24) is 0 Å². The lowest BCUT2D eigenvalue weighted by Gasteiger charge is -2.22. The van der Waals surface area contributed by atoms with Gasteiger partial charge in [0.05, 0.1) is 0 Å². The van der Waals surface area contributed by atoms with Gasteiger partial charge in [-0.15, -0.1) is 0 Å². The van der Waals surface area contributed by atoms with Crippen LogP contribution >= 0.6 is 0 Å². The molecule has 0 spiro atoms. The van der Waals surface area contributed by atoms with Crippen LogP contribution in [-0.4, -0.2) is 0 Å². The fourth-order valence-corrected chi connectivity index (χ4v) is 3.33. The zero-order chi connectivity index (χ0) is 11.0. The third kappa shape index (κ3) is 1.52. The van der Waals surface area contributed by atoms with Gasteiger partial charge in [-0.1, -0.05) is 37.6 Å². The van der Waals surface area contributed by atoms with Crippen molar-refractivity contribution in [2.24, 2.45) is 0 Å². The second-order valence-corrected chi connectivity index (χ2v) is 5.17. The molecule has 84 valence electrons.